The highest BCUT2D eigenvalue weighted by Gasteiger charge is 2.47. The Labute approximate surface area is 147 Å². The number of anilines is 1. The SMILES string of the molecule is COC(=O)C(CCCC=O)N(C(=O)C(F)(F)F)c1cc(C)c(F)c(C)c1. The van der Waals surface area contributed by atoms with Crippen molar-refractivity contribution in [2.75, 3.05) is 12.0 Å². The third-order valence-corrected chi connectivity index (χ3v) is 3.75. The van der Waals surface area contributed by atoms with E-state index in [-0.39, 0.29) is 41.0 Å². The van der Waals surface area contributed by atoms with Crippen LogP contribution in [0.1, 0.15) is 30.4 Å². The summed E-state index contributed by atoms with van der Waals surface area (Å²) >= 11 is 0. The predicted molar refractivity (Wildman–Crippen MR) is 85.1 cm³/mol. The number of hydrogen-bond acceptors (Lipinski definition) is 4. The molecule has 0 N–H and O–H groups in total. The molecule has 0 aliphatic heterocycles. The summed E-state index contributed by atoms with van der Waals surface area (Å²) in [5, 5.41) is 0. The molecular formula is C17H19F4NO4. The van der Waals surface area contributed by atoms with Gasteiger partial charge in [0, 0.05) is 12.1 Å². The molecule has 1 aromatic carbocycles. The normalized spacial score (nSPS) is 12.4. The van der Waals surface area contributed by atoms with Gasteiger partial charge in [-0.2, -0.15) is 13.2 Å². The number of benzene rings is 1. The lowest BCUT2D eigenvalue weighted by Gasteiger charge is -2.31. The van der Waals surface area contributed by atoms with E-state index in [0.717, 1.165) is 19.2 Å². The van der Waals surface area contributed by atoms with Crippen molar-refractivity contribution in [3.63, 3.8) is 0 Å². The van der Waals surface area contributed by atoms with Crippen molar-refractivity contribution >= 4 is 23.9 Å². The molecule has 0 spiro atoms. The fraction of sp³-hybridized carbons (Fsp3) is 0.471. The highest BCUT2D eigenvalue weighted by molar-refractivity contribution is 6.02. The molecule has 5 nitrogen and oxygen atoms in total. The average Bonchev–Trinajstić information content (AvgIpc) is 2.56. The first-order chi connectivity index (χ1) is 12.0. The summed E-state index contributed by atoms with van der Waals surface area (Å²) in [5.41, 5.74) is -0.224. The van der Waals surface area contributed by atoms with Crippen LogP contribution in [0.25, 0.3) is 0 Å². The molecule has 144 valence electrons. The van der Waals surface area contributed by atoms with Crippen molar-refractivity contribution in [1.82, 2.24) is 0 Å². The van der Waals surface area contributed by atoms with Crippen molar-refractivity contribution in [1.29, 1.82) is 0 Å². The molecule has 1 amide bonds. The van der Waals surface area contributed by atoms with Crippen LogP contribution in [0.3, 0.4) is 0 Å². The fourth-order valence-electron chi connectivity index (χ4n) is 2.52. The second-order valence-corrected chi connectivity index (χ2v) is 5.70. The lowest BCUT2D eigenvalue weighted by atomic mass is 10.0. The summed E-state index contributed by atoms with van der Waals surface area (Å²) in [5.74, 6) is -3.96. The Bertz CT molecular complexity index is 665. The second-order valence-electron chi connectivity index (χ2n) is 5.70. The van der Waals surface area contributed by atoms with Crippen LogP contribution in [0.5, 0.6) is 0 Å². The van der Waals surface area contributed by atoms with Gasteiger partial charge in [0.25, 0.3) is 0 Å². The Morgan fingerprint density at radius 1 is 1.23 bits per heavy atom. The minimum absolute atomic E-state index is 0.00299. The van der Waals surface area contributed by atoms with Gasteiger partial charge >= 0.3 is 18.1 Å². The van der Waals surface area contributed by atoms with Crippen LogP contribution in [0.4, 0.5) is 23.2 Å². The number of alkyl halides is 3. The van der Waals surface area contributed by atoms with Gasteiger partial charge in [-0.1, -0.05) is 0 Å². The average molecular weight is 377 g/mol. The van der Waals surface area contributed by atoms with E-state index in [2.05, 4.69) is 4.74 Å². The molecule has 0 saturated heterocycles. The molecule has 0 aliphatic carbocycles. The van der Waals surface area contributed by atoms with Gasteiger partial charge in [-0.25, -0.2) is 9.18 Å². The van der Waals surface area contributed by atoms with Gasteiger partial charge in [0.05, 0.1) is 7.11 Å². The Balaban J connectivity index is 3.49. The van der Waals surface area contributed by atoms with Crippen molar-refractivity contribution in [2.24, 2.45) is 0 Å². The zero-order valence-electron chi connectivity index (χ0n) is 14.5. The third-order valence-electron chi connectivity index (χ3n) is 3.75. The molecule has 1 unspecified atom stereocenters. The topological polar surface area (TPSA) is 63.7 Å². The van der Waals surface area contributed by atoms with E-state index in [4.69, 9.17) is 0 Å². The van der Waals surface area contributed by atoms with Crippen LogP contribution in [-0.2, 0) is 19.1 Å². The lowest BCUT2D eigenvalue weighted by molar-refractivity contribution is -0.172. The van der Waals surface area contributed by atoms with Crippen LogP contribution < -0.4 is 4.90 Å². The second kappa shape index (κ2) is 8.77. The lowest BCUT2D eigenvalue weighted by Crippen LogP contribution is -2.51. The van der Waals surface area contributed by atoms with Gasteiger partial charge in [0.2, 0.25) is 0 Å². The number of amides is 1. The number of carbonyl (C=O) groups is 3. The summed E-state index contributed by atoms with van der Waals surface area (Å²) in [4.78, 5) is 34.8. The van der Waals surface area contributed by atoms with Gasteiger partial charge < -0.3 is 9.53 Å². The number of hydrogen-bond donors (Lipinski definition) is 0. The monoisotopic (exact) mass is 377 g/mol. The zero-order chi connectivity index (χ0) is 20.1. The van der Waals surface area contributed by atoms with Gasteiger partial charge in [-0.05, 0) is 49.9 Å². The van der Waals surface area contributed by atoms with Crippen LogP contribution in [0, 0.1) is 19.7 Å². The molecule has 9 heteroatoms. The quantitative estimate of drug-likeness (QED) is 0.317. The highest BCUT2D eigenvalue weighted by atomic mass is 19.4. The fourth-order valence-corrected chi connectivity index (χ4v) is 2.52. The molecule has 0 aromatic heterocycles. The maximum absolute atomic E-state index is 13.8. The summed E-state index contributed by atoms with van der Waals surface area (Å²) in [6.45, 7) is 2.67. The van der Waals surface area contributed by atoms with E-state index in [1.165, 1.54) is 13.8 Å². The maximum Gasteiger partial charge on any atom is 0.471 e. The smallest absolute Gasteiger partial charge is 0.467 e. The molecule has 1 rings (SSSR count). The number of halogens is 4. The van der Waals surface area contributed by atoms with Crippen LogP contribution >= 0.6 is 0 Å². The number of ether oxygens (including phenoxy) is 1. The molecule has 0 fully saturated rings. The summed E-state index contributed by atoms with van der Waals surface area (Å²) < 4.78 is 57.7. The van der Waals surface area contributed by atoms with Gasteiger partial charge in [-0.3, -0.25) is 9.69 Å². The number of esters is 1. The van der Waals surface area contributed by atoms with Crippen molar-refractivity contribution < 1.29 is 36.7 Å². The number of rotatable bonds is 7. The van der Waals surface area contributed by atoms with Crippen LogP contribution in [0.15, 0.2) is 12.1 Å². The minimum atomic E-state index is -5.26. The molecule has 26 heavy (non-hydrogen) atoms. The third kappa shape index (κ3) is 5.03. The van der Waals surface area contributed by atoms with E-state index in [1.807, 2.05) is 0 Å². The Hall–Kier alpha value is -2.45. The summed E-state index contributed by atoms with van der Waals surface area (Å²) in [6, 6.07) is 0.516. The minimum Gasteiger partial charge on any atom is -0.467 e. The molecule has 0 bridgehead atoms. The molecule has 1 atom stereocenters. The highest BCUT2D eigenvalue weighted by Crippen LogP contribution is 2.30. The summed E-state index contributed by atoms with van der Waals surface area (Å²) in [7, 11) is 0.979. The number of carbonyl (C=O) groups excluding carboxylic acids is 3. The molecule has 1 aromatic rings. The number of aldehydes is 1. The summed E-state index contributed by atoms with van der Waals surface area (Å²) in [6.07, 6.45) is -4.85. The van der Waals surface area contributed by atoms with Crippen LogP contribution in [0.2, 0.25) is 0 Å². The van der Waals surface area contributed by atoms with E-state index < -0.39 is 29.9 Å². The first-order valence-electron chi connectivity index (χ1n) is 7.73. The number of aryl methyl sites for hydroxylation is 2. The standard InChI is InChI=1S/C17H19F4NO4/c1-10-8-12(9-11(2)14(10)18)22(16(25)17(19,20)21)13(15(24)26-3)6-4-5-7-23/h7-9,13H,4-6H2,1-3H3. The number of unbranched alkanes of at least 4 members (excludes halogenated alkanes) is 1. The van der Waals surface area contributed by atoms with Crippen LogP contribution in [-0.4, -0.2) is 37.5 Å². The number of nitrogens with zero attached hydrogens (tertiary/aromatic N) is 1. The molecule has 0 radical (unpaired) electrons. The first-order valence-corrected chi connectivity index (χ1v) is 7.73. The zero-order valence-corrected chi connectivity index (χ0v) is 14.5. The molecule has 0 saturated carbocycles. The largest absolute Gasteiger partial charge is 0.471 e. The van der Waals surface area contributed by atoms with E-state index in [9.17, 15) is 31.9 Å². The van der Waals surface area contributed by atoms with Gasteiger partial charge in [0.1, 0.15) is 18.1 Å². The van der Waals surface area contributed by atoms with Gasteiger partial charge in [-0.15, -0.1) is 0 Å². The molecule has 0 heterocycles. The Kier molecular flexibility index (Phi) is 7.29. The maximum atomic E-state index is 13.8. The van der Waals surface area contributed by atoms with E-state index in [0.29, 0.717) is 6.29 Å². The molecular weight excluding hydrogens is 358 g/mol. The van der Waals surface area contributed by atoms with Crippen molar-refractivity contribution in [2.45, 2.75) is 45.3 Å². The number of methoxy groups -OCH3 is 1. The van der Waals surface area contributed by atoms with E-state index >= 15 is 0 Å². The Morgan fingerprint density at radius 2 is 1.77 bits per heavy atom. The molecule has 0 aliphatic rings. The van der Waals surface area contributed by atoms with Gasteiger partial charge in [0.15, 0.2) is 0 Å². The van der Waals surface area contributed by atoms with Crippen molar-refractivity contribution in [3.05, 3.63) is 29.1 Å². The van der Waals surface area contributed by atoms with Crippen molar-refractivity contribution in [3.8, 4) is 0 Å². The first kappa shape index (κ1) is 21.6. The Morgan fingerprint density at radius 3 is 2.19 bits per heavy atom. The van der Waals surface area contributed by atoms with E-state index in [1.54, 1.807) is 0 Å². The predicted octanol–water partition coefficient (Wildman–Crippen LogP) is 3.25.